The van der Waals surface area contributed by atoms with Gasteiger partial charge in [0.05, 0.1) is 17.1 Å². The average Bonchev–Trinajstić information content (AvgIpc) is 2.95. The van der Waals surface area contributed by atoms with Crippen molar-refractivity contribution in [3.63, 3.8) is 0 Å². The Morgan fingerprint density at radius 3 is 2.36 bits per heavy atom. The summed E-state index contributed by atoms with van der Waals surface area (Å²) in [6.07, 6.45) is 1.80. The number of anilines is 1. The molecule has 0 radical (unpaired) electrons. The maximum Gasteiger partial charge on any atom is 0.123 e. The molecule has 0 unspecified atom stereocenters. The highest BCUT2D eigenvalue weighted by Gasteiger charge is 2.22. The number of rotatable bonds is 4. The van der Waals surface area contributed by atoms with Gasteiger partial charge in [0.1, 0.15) is 5.82 Å². The topological polar surface area (TPSA) is 37.2 Å². The van der Waals surface area contributed by atoms with E-state index in [1.807, 2.05) is 17.8 Å². The van der Waals surface area contributed by atoms with Crippen LogP contribution in [0.2, 0.25) is 0 Å². The lowest BCUT2D eigenvalue weighted by Gasteiger charge is -2.36. The summed E-state index contributed by atoms with van der Waals surface area (Å²) in [6.45, 7) is 9.03. The van der Waals surface area contributed by atoms with Gasteiger partial charge in [-0.3, -0.25) is 14.6 Å². The van der Waals surface area contributed by atoms with Crippen LogP contribution in [-0.4, -0.2) is 45.8 Å². The summed E-state index contributed by atoms with van der Waals surface area (Å²) in [5, 5.41) is 4.53. The van der Waals surface area contributed by atoms with Gasteiger partial charge < -0.3 is 4.90 Å². The molecule has 2 aromatic heterocycles. The van der Waals surface area contributed by atoms with Crippen molar-refractivity contribution in [1.29, 1.82) is 0 Å². The van der Waals surface area contributed by atoms with Crippen molar-refractivity contribution in [3.8, 4) is 11.3 Å². The minimum Gasteiger partial charge on any atom is -0.367 e. The number of halogens is 1. The van der Waals surface area contributed by atoms with Crippen LogP contribution in [0.5, 0.6) is 0 Å². The van der Waals surface area contributed by atoms with Crippen molar-refractivity contribution in [2.24, 2.45) is 7.05 Å². The van der Waals surface area contributed by atoms with Gasteiger partial charge in [0.2, 0.25) is 0 Å². The van der Waals surface area contributed by atoms with Gasteiger partial charge in [-0.15, -0.1) is 0 Å². The molecule has 1 saturated heterocycles. The van der Waals surface area contributed by atoms with Gasteiger partial charge in [0.25, 0.3) is 0 Å². The van der Waals surface area contributed by atoms with Crippen molar-refractivity contribution >= 4 is 5.69 Å². The summed E-state index contributed by atoms with van der Waals surface area (Å²) in [7, 11) is 2.00. The van der Waals surface area contributed by atoms with Crippen LogP contribution in [0, 0.1) is 19.7 Å². The van der Waals surface area contributed by atoms with Crippen LogP contribution >= 0.6 is 0 Å². The predicted octanol–water partition coefficient (Wildman–Crippen LogP) is 3.56. The lowest BCUT2D eigenvalue weighted by atomic mass is 10.1. The molecule has 3 aromatic rings. The number of hydrogen-bond donors (Lipinski definition) is 0. The standard InChI is InChI=1S/C22H26FN5/c1-16-20(17(2)26(3)25-16)15-27-11-13-28(14-12-27)21-5-4-10-24-22(21)18-6-8-19(23)9-7-18/h4-10H,11-15H2,1-3H3. The molecule has 1 fully saturated rings. The van der Waals surface area contributed by atoms with E-state index in [2.05, 4.69) is 39.8 Å². The molecule has 0 amide bonds. The number of piperazine rings is 1. The molecule has 1 aliphatic heterocycles. The number of aryl methyl sites for hydroxylation is 2. The molecule has 3 heterocycles. The Kier molecular flexibility index (Phi) is 5.13. The van der Waals surface area contributed by atoms with Crippen molar-refractivity contribution in [2.45, 2.75) is 20.4 Å². The van der Waals surface area contributed by atoms with E-state index in [1.54, 1.807) is 18.3 Å². The first-order valence-electron chi connectivity index (χ1n) is 9.70. The van der Waals surface area contributed by atoms with Crippen molar-refractivity contribution in [3.05, 3.63) is 65.4 Å². The van der Waals surface area contributed by atoms with Crippen LogP contribution in [0.3, 0.4) is 0 Å². The second-order valence-electron chi connectivity index (χ2n) is 7.41. The minimum atomic E-state index is -0.226. The Balaban J connectivity index is 1.48. The molecule has 0 N–H and O–H groups in total. The first-order valence-corrected chi connectivity index (χ1v) is 9.70. The molecule has 146 valence electrons. The van der Waals surface area contributed by atoms with Crippen LogP contribution in [0.1, 0.15) is 17.0 Å². The zero-order valence-corrected chi connectivity index (χ0v) is 16.7. The first kappa shape index (κ1) is 18.6. The average molecular weight is 379 g/mol. The summed E-state index contributed by atoms with van der Waals surface area (Å²) < 4.78 is 15.3. The summed E-state index contributed by atoms with van der Waals surface area (Å²) in [5.41, 5.74) is 6.67. The molecule has 0 spiro atoms. The molecule has 5 nitrogen and oxygen atoms in total. The summed E-state index contributed by atoms with van der Waals surface area (Å²) in [6, 6.07) is 10.7. The highest BCUT2D eigenvalue weighted by atomic mass is 19.1. The maximum absolute atomic E-state index is 13.3. The third-order valence-corrected chi connectivity index (χ3v) is 5.66. The largest absolute Gasteiger partial charge is 0.367 e. The SMILES string of the molecule is Cc1nn(C)c(C)c1CN1CCN(c2cccnc2-c2ccc(F)cc2)CC1. The van der Waals surface area contributed by atoms with Crippen LogP contribution < -0.4 is 4.90 Å². The molecular formula is C22H26FN5. The summed E-state index contributed by atoms with van der Waals surface area (Å²) in [4.78, 5) is 9.45. The lowest BCUT2D eigenvalue weighted by Crippen LogP contribution is -2.46. The fraction of sp³-hybridized carbons (Fsp3) is 0.364. The Bertz CT molecular complexity index is 956. The van der Waals surface area contributed by atoms with Gasteiger partial charge in [-0.25, -0.2) is 4.39 Å². The summed E-state index contributed by atoms with van der Waals surface area (Å²) >= 11 is 0. The second-order valence-corrected chi connectivity index (χ2v) is 7.41. The second kappa shape index (κ2) is 7.72. The third kappa shape index (κ3) is 3.64. The van der Waals surface area contributed by atoms with E-state index >= 15 is 0 Å². The van der Waals surface area contributed by atoms with Crippen LogP contribution in [0.15, 0.2) is 42.6 Å². The van der Waals surface area contributed by atoms with Crippen LogP contribution in [-0.2, 0) is 13.6 Å². The number of aromatic nitrogens is 3. The molecule has 1 aliphatic rings. The molecule has 28 heavy (non-hydrogen) atoms. The summed E-state index contributed by atoms with van der Waals surface area (Å²) in [5.74, 6) is -0.226. The highest BCUT2D eigenvalue weighted by Crippen LogP contribution is 2.29. The highest BCUT2D eigenvalue weighted by molar-refractivity contribution is 5.75. The fourth-order valence-electron chi connectivity index (χ4n) is 3.90. The van der Waals surface area contributed by atoms with Crippen LogP contribution in [0.4, 0.5) is 10.1 Å². The Labute approximate surface area is 165 Å². The van der Waals surface area contributed by atoms with Crippen molar-refractivity contribution in [2.75, 3.05) is 31.1 Å². The Hall–Kier alpha value is -2.73. The van der Waals surface area contributed by atoms with Gasteiger partial charge in [0.15, 0.2) is 0 Å². The molecule has 6 heteroatoms. The van der Waals surface area contributed by atoms with E-state index in [0.29, 0.717) is 0 Å². The lowest BCUT2D eigenvalue weighted by molar-refractivity contribution is 0.249. The van der Waals surface area contributed by atoms with E-state index < -0.39 is 0 Å². The van der Waals surface area contributed by atoms with E-state index in [0.717, 1.165) is 55.4 Å². The quantitative estimate of drug-likeness (QED) is 0.695. The van der Waals surface area contributed by atoms with Gasteiger partial charge >= 0.3 is 0 Å². The molecule has 0 atom stereocenters. The van der Waals surface area contributed by atoms with Crippen molar-refractivity contribution < 1.29 is 4.39 Å². The zero-order chi connectivity index (χ0) is 19.7. The molecule has 0 aliphatic carbocycles. The van der Waals surface area contributed by atoms with Crippen molar-refractivity contribution in [1.82, 2.24) is 19.7 Å². The van der Waals surface area contributed by atoms with Gasteiger partial charge in [-0.1, -0.05) is 0 Å². The zero-order valence-electron chi connectivity index (χ0n) is 16.7. The third-order valence-electron chi connectivity index (χ3n) is 5.66. The number of nitrogens with zero attached hydrogens (tertiary/aromatic N) is 5. The molecule has 0 saturated carbocycles. The Morgan fingerprint density at radius 1 is 1.00 bits per heavy atom. The normalized spacial score (nSPS) is 15.2. The van der Waals surface area contributed by atoms with Crippen LogP contribution in [0.25, 0.3) is 11.3 Å². The smallest absolute Gasteiger partial charge is 0.123 e. The fourth-order valence-corrected chi connectivity index (χ4v) is 3.90. The van der Waals surface area contributed by atoms with Gasteiger partial charge in [0, 0.05) is 62.8 Å². The first-order chi connectivity index (χ1) is 13.5. The van der Waals surface area contributed by atoms with E-state index in [4.69, 9.17) is 0 Å². The Morgan fingerprint density at radius 2 is 1.71 bits per heavy atom. The molecule has 4 rings (SSSR count). The van der Waals surface area contributed by atoms with E-state index in [1.165, 1.54) is 23.4 Å². The monoisotopic (exact) mass is 379 g/mol. The van der Waals surface area contributed by atoms with E-state index in [9.17, 15) is 4.39 Å². The number of hydrogen-bond acceptors (Lipinski definition) is 4. The number of benzene rings is 1. The molecular weight excluding hydrogens is 353 g/mol. The predicted molar refractivity (Wildman–Crippen MR) is 110 cm³/mol. The maximum atomic E-state index is 13.3. The van der Waals surface area contributed by atoms with E-state index in [-0.39, 0.29) is 5.82 Å². The molecule has 1 aromatic carbocycles. The van der Waals surface area contributed by atoms with Gasteiger partial charge in [-0.2, -0.15) is 5.10 Å². The molecule has 0 bridgehead atoms. The van der Waals surface area contributed by atoms with Gasteiger partial charge in [-0.05, 0) is 50.2 Å². The minimum absolute atomic E-state index is 0.226. The number of pyridine rings is 1.